The quantitative estimate of drug-likeness (QED) is 0.776. The molecule has 0 aliphatic heterocycles. The molecule has 2 N–H and O–H groups in total. The minimum atomic E-state index is -0.520. The van der Waals surface area contributed by atoms with Crippen molar-refractivity contribution in [3.05, 3.63) is 30.3 Å². The number of ether oxygens (including phenoxy) is 1. The summed E-state index contributed by atoms with van der Waals surface area (Å²) in [6.45, 7) is 3.76. The topological polar surface area (TPSA) is 58.6 Å². The fourth-order valence-electron chi connectivity index (χ4n) is 1.56. The third-order valence-corrected chi connectivity index (χ3v) is 2.74. The molecular formula is C14H21NO3. The van der Waals surface area contributed by atoms with Crippen LogP contribution in [0.5, 0.6) is 5.75 Å². The van der Waals surface area contributed by atoms with Crippen LogP contribution < -0.4 is 10.1 Å². The van der Waals surface area contributed by atoms with Crippen molar-refractivity contribution in [1.29, 1.82) is 0 Å². The van der Waals surface area contributed by atoms with Crippen LogP contribution in [0.2, 0.25) is 0 Å². The Hall–Kier alpha value is -1.55. The molecule has 0 bridgehead atoms. The van der Waals surface area contributed by atoms with Crippen LogP contribution in [0.1, 0.15) is 26.7 Å². The molecule has 18 heavy (non-hydrogen) atoms. The number of aliphatic hydroxyl groups excluding tert-OH is 1. The highest BCUT2D eigenvalue weighted by Crippen LogP contribution is 2.12. The van der Waals surface area contributed by atoms with Gasteiger partial charge < -0.3 is 15.2 Å². The number of benzene rings is 1. The predicted molar refractivity (Wildman–Crippen MR) is 70.5 cm³/mol. The number of nitrogens with one attached hydrogen (secondary N) is 1. The summed E-state index contributed by atoms with van der Waals surface area (Å²) in [5.74, 6) is 0.499. The van der Waals surface area contributed by atoms with Gasteiger partial charge in [0.25, 0.3) is 5.91 Å². The van der Waals surface area contributed by atoms with Gasteiger partial charge in [0.05, 0.1) is 12.6 Å². The summed E-state index contributed by atoms with van der Waals surface area (Å²) < 4.78 is 5.62. The van der Waals surface area contributed by atoms with Crippen molar-refractivity contribution >= 4 is 5.91 Å². The van der Waals surface area contributed by atoms with E-state index in [-0.39, 0.29) is 18.6 Å². The minimum absolute atomic E-state index is 0.0516. The SMILES string of the molecule is CCC(Oc1ccccc1)C(=O)N[C@H](CC)CO. The van der Waals surface area contributed by atoms with Gasteiger partial charge in [0, 0.05) is 0 Å². The molecule has 1 rings (SSSR count). The zero-order valence-corrected chi connectivity index (χ0v) is 10.9. The fourth-order valence-corrected chi connectivity index (χ4v) is 1.56. The van der Waals surface area contributed by atoms with E-state index >= 15 is 0 Å². The second-order valence-corrected chi connectivity index (χ2v) is 4.12. The molecule has 0 aliphatic rings. The predicted octanol–water partition coefficient (Wildman–Crippen LogP) is 1.73. The van der Waals surface area contributed by atoms with Crippen molar-refractivity contribution in [2.24, 2.45) is 0 Å². The number of rotatable bonds is 7. The van der Waals surface area contributed by atoms with Crippen molar-refractivity contribution in [2.75, 3.05) is 6.61 Å². The van der Waals surface area contributed by atoms with E-state index in [1.807, 2.05) is 44.2 Å². The maximum Gasteiger partial charge on any atom is 0.261 e. The molecule has 1 unspecified atom stereocenters. The summed E-state index contributed by atoms with van der Waals surface area (Å²) in [7, 11) is 0. The second kappa shape index (κ2) is 7.71. The van der Waals surface area contributed by atoms with E-state index in [1.54, 1.807) is 0 Å². The van der Waals surface area contributed by atoms with E-state index in [9.17, 15) is 4.79 Å². The Kier molecular flexibility index (Phi) is 6.22. The van der Waals surface area contributed by atoms with Gasteiger partial charge in [-0.2, -0.15) is 0 Å². The van der Waals surface area contributed by atoms with Crippen molar-refractivity contribution in [2.45, 2.75) is 38.8 Å². The number of carbonyl (C=O) groups excluding carboxylic acids is 1. The summed E-state index contributed by atoms with van der Waals surface area (Å²) in [6, 6.07) is 9.06. The lowest BCUT2D eigenvalue weighted by molar-refractivity contribution is -0.129. The zero-order valence-electron chi connectivity index (χ0n) is 10.9. The standard InChI is InChI=1S/C14H21NO3/c1-3-11(10-16)15-14(17)13(4-2)18-12-8-6-5-7-9-12/h5-9,11,13,16H,3-4,10H2,1-2H3,(H,15,17)/t11-,13?/m1/s1. The smallest absolute Gasteiger partial charge is 0.261 e. The third kappa shape index (κ3) is 4.37. The summed E-state index contributed by atoms with van der Waals surface area (Å²) in [6.07, 6.45) is 0.764. The average Bonchev–Trinajstić information content (AvgIpc) is 2.43. The first-order chi connectivity index (χ1) is 8.71. The maximum atomic E-state index is 12.0. The molecule has 0 spiro atoms. The molecule has 4 heteroatoms. The molecule has 4 nitrogen and oxygen atoms in total. The van der Waals surface area contributed by atoms with Gasteiger partial charge in [-0.3, -0.25) is 4.79 Å². The number of hydrogen-bond acceptors (Lipinski definition) is 3. The van der Waals surface area contributed by atoms with Crippen LogP contribution in [0.4, 0.5) is 0 Å². The lowest BCUT2D eigenvalue weighted by atomic mass is 10.2. The van der Waals surface area contributed by atoms with Crippen molar-refractivity contribution < 1.29 is 14.6 Å². The van der Waals surface area contributed by atoms with E-state index in [4.69, 9.17) is 9.84 Å². The third-order valence-electron chi connectivity index (χ3n) is 2.74. The number of carbonyl (C=O) groups is 1. The van der Waals surface area contributed by atoms with Crippen LogP contribution >= 0.6 is 0 Å². The van der Waals surface area contributed by atoms with Crippen LogP contribution in [0.25, 0.3) is 0 Å². The number of aliphatic hydroxyl groups is 1. The largest absolute Gasteiger partial charge is 0.481 e. The molecule has 0 radical (unpaired) electrons. The van der Waals surface area contributed by atoms with Gasteiger partial charge in [-0.25, -0.2) is 0 Å². The highest BCUT2D eigenvalue weighted by atomic mass is 16.5. The van der Waals surface area contributed by atoms with E-state index in [0.29, 0.717) is 18.6 Å². The molecular weight excluding hydrogens is 230 g/mol. The lowest BCUT2D eigenvalue weighted by Crippen LogP contribution is -2.44. The highest BCUT2D eigenvalue weighted by Gasteiger charge is 2.20. The Morgan fingerprint density at radius 2 is 1.94 bits per heavy atom. The first-order valence-corrected chi connectivity index (χ1v) is 6.34. The minimum Gasteiger partial charge on any atom is -0.481 e. The molecule has 0 saturated heterocycles. The Labute approximate surface area is 108 Å². The summed E-state index contributed by atoms with van der Waals surface area (Å²) in [5, 5.41) is 11.8. The van der Waals surface area contributed by atoms with Crippen LogP contribution in [-0.2, 0) is 4.79 Å². The molecule has 0 saturated carbocycles. The molecule has 100 valence electrons. The maximum absolute atomic E-state index is 12.0. The Morgan fingerprint density at radius 1 is 1.28 bits per heavy atom. The van der Waals surface area contributed by atoms with Crippen LogP contribution in [0, 0.1) is 0 Å². The molecule has 0 heterocycles. The lowest BCUT2D eigenvalue weighted by Gasteiger charge is -2.20. The molecule has 2 atom stereocenters. The Bertz CT molecular complexity index is 349. The molecule has 0 fully saturated rings. The van der Waals surface area contributed by atoms with Crippen molar-refractivity contribution in [3.63, 3.8) is 0 Å². The van der Waals surface area contributed by atoms with Crippen LogP contribution in [0.15, 0.2) is 30.3 Å². The molecule has 1 amide bonds. The highest BCUT2D eigenvalue weighted by molar-refractivity contribution is 5.81. The van der Waals surface area contributed by atoms with Gasteiger partial charge in [0.2, 0.25) is 0 Å². The van der Waals surface area contributed by atoms with Gasteiger partial charge in [0.15, 0.2) is 6.10 Å². The normalized spacial score (nSPS) is 13.7. The van der Waals surface area contributed by atoms with E-state index in [2.05, 4.69) is 5.32 Å². The average molecular weight is 251 g/mol. The van der Waals surface area contributed by atoms with Crippen LogP contribution in [0.3, 0.4) is 0 Å². The van der Waals surface area contributed by atoms with Gasteiger partial charge in [-0.05, 0) is 25.0 Å². The van der Waals surface area contributed by atoms with Crippen molar-refractivity contribution in [1.82, 2.24) is 5.32 Å². The van der Waals surface area contributed by atoms with Gasteiger partial charge in [-0.15, -0.1) is 0 Å². The Morgan fingerprint density at radius 3 is 2.44 bits per heavy atom. The van der Waals surface area contributed by atoms with E-state index in [0.717, 1.165) is 0 Å². The molecule has 0 aliphatic carbocycles. The first kappa shape index (κ1) is 14.5. The van der Waals surface area contributed by atoms with Gasteiger partial charge >= 0.3 is 0 Å². The summed E-state index contributed by atoms with van der Waals surface area (Å²) >= 11 is 0. The monoisotopic (exact) mass is 251 g/mol. The summed E-state index contributed by atoms with van der Waals surface area (Å²) in [4.78, 5) is 12.0. The van der Waals surface area contributed by atoms with Crippen LogP contribution in [-0.4, -0.2) is 29.8 Å². The summed E-state index contributed by atoms with van der Waals surface area (Å²) in [5.41, 5.74) is 0. The Balaban J connectivity index is 2.58. The number of hydrogen-bond donors (Lipinski definition) is 2. The fraction of sp³-hybridized carbons (Fsp3) is 0.500. The zero-order chi connectivity index (χ0) is 13.4. The molecule has 1 aromatic carbocycles. The van der Waals surface area contributed by atoms with Crippen molar-refractivity contribution in [3.8, 4) is 5.75 Å². The number of amides is 1. The molecule has 1 aromatic rings. The van der Waals surface area contributed by atoms with Gasteiger partial charge in [-0.1, -0.05) is 32.0 Å². The molecule has 0 aromatic heterocycles. The number of para-hydroxylation sites is 1. The van der Waals surface area contributed by atoms with Gasteiger partial charge in [0.1, 0.15) is 5.75 Å². The first-order valence-electron chi connectivity index (χ1n) is 6.34. The van der Waals surface area contributed by atoms with E-state index in [1.165, 1.54) is 0 Å². The van der Waals surface area contributed by atoms with E-state index < -0.39 is 6.10 Å². The second-order valence-electron chi connectivity index (χ2n) is 4.12.